The van der Waals surface area contributed by atoms with Gasteiger partial charge in [0.15, 0.2) is 0 Å². The number of carbonyl (C=O) groups excluding carboxylic acids is 1. The van der Waals surface area contributed by atoms with Gasteiger partial charge in [-0.3, -0.25) is 4.79 Å². The standard InChI is InChI=1S/C19H21ClN2O2.ClH/c20-15-8-10-17(11-9-15)24-18(14-5-2-1-3-6-14)19(23)22-16-7-4-12-21-13-16;/h1-3,5-6,8-11,16,18,21H,4,7,12-13H2,(H,22,23);1H/t16-,18?;/m0./s1. The second-order valence-electron chi connectivity index (χ2n) is 5.91. The van der Waals surface area contributed by atoms with Crippen LogP contribution in [0.3, 0.4) is 0 Å². The number of carbonyl (C=O) groups is 1. The molecule has 2 aromatic carbocycles. The van der Waals surface area contributed by atoms with E-state index in [0.717, 1.165) is 31.5 Å². The summed E-state index contributed by atoms with van der Waals surface area (Å²) in [6.07, 6.45) is 1.37. The lowest BCUT2D eigenvalue weighted by Gasteiger charge is -2.26. The molecule has 6 heteroatoms. The van der Waals surface area contributed by atoms with Gasteiger partial charge in [0.1, 0.15) is 5.75 Å². The van der Waals surface area contributed by atoms with Crippen molar-refractivity contribution in [2.45, 2.75) is 25.0 Å². The summed E-state index contributed by atoms with van der Waals surface area (Å²) in [6, 6.07) is 16.7. The van der Waals surface area contributed by atoms with Crippen molar-refractivity contribution >= 4 is 29.9 Å². The fourth-order valence-electron chi connectivity index (χ4n) is 2.80. The molecular weight excluding hydrogens is 359 g/mol. The third-order valence-corrected chi connectivity index (χ3v) is 4.30. The molecule has 25 heavy (non-hydrogen) atoms. The minimum absolute atomic E-state index is 0. The van der Waals surface area contributed by atoms with E-state index in [9.17, 15) is 4.79 Å². The smallest absolute Gasteiger partial charge is 0.266 e. The SMILES string of the molecule is Cl.O=C(N[C@H]1CCCNC1)C(Oc1ccc(Cl)cc1)c1ccccc1. The average molecular weight is 381 g/mol. The van der Waals surface area contributed by atoms with E-state index >= 15 is 0 Å². The van der Waals surface area contributed by atoms with Gasteiger partial charge in [-0.2, -0.15) is 0 Å². The zero-order chi connectivity index (χ0) is 16.8. The van der Waals surface area contributed by atoms with Gasteiger partial charge in [0.2, 0.25) is 6.10 Å². The van der Waals surface area contributed by atoms with E-state index in [-0.39, 0.29) is 24.4 Å². The van der Waals surface area contributed by atoms with E-state index in [2.05, 4.69) is 10.6 Å². The van der Waals surface area contributed by atoms with Crippen LogP contribution in [-0.4, -0.2) is 25.0 Å². The third kappa shape index (κ3) is 5.63. The highest BCUT2D eigenvalue weighted by Crippen LogP contribution is 2.24. The molecule has 0 radical (unpaired) electrons. The van der Waals surface area contributed by atoms with Crippen molar-refractivity contribution in [2.24, 2.45) is 0 Å². The van der Waals surface area contributed by atoms with Gasteiger partial charge in [0.05, 0.1) is 0 Å². The van der Waals surface area contributed by atoms with Crippen molar-refractivity contribution in [3.8, 4) is 5.75 Å². The summed E-state index contributed by atoms with van der Waals surface area (Å²) in [5.74, 6) is 0.495. The van der Waals surface area contributed by atoms with E-state index < -0.39 is 6.10 Å². The summed E-state index contributed by atoms with van der Waals surface area (Å²) in [6.45, 7) is 1.81. The number of halogens is 2. The predicted molar refractivity (Wildman–Crippen MR) is 103 cm³/mol. The van der Waals surface area contributed by atoms with Gasteiger partial charge in [-0.15, -0.1) is 12.4 Å². The van der Waals surface area contributed by atoms with E-state index in [4.69, 9.17) is 16.3 Å². The lowest BCUT2D eigenvalue weighted by atomic mass is 10.1. The highest BCUT2D eigenvalue weighted by atomic mass is 35.5. The Morgan fingerprint density at radius 2 is 1.88 bits per heavy atom. The fraction of sp³-hybridized carbons (Fsp3) is 0.316. The summed E-state index contributed by atoms with van der Waals surface area (Å²) in [4.78, 5) is 12.8. The maximum atomic E-state index is 12.8. The highest BCUT2D eigenvalue weighted by molar-refractivity contribution is 6.30. The van der Waals surface area contributed by atoms with Gasteiger partial charge in [0, 0.05) is 23.2 Å². The Kier molecular flexibility index (Phi) is 7.56. The molecule has 0 aliphatic carbocycles. The van der Waals surface area contributed by atoms with E-state index in [1.54, 1.807) is 24.3 Å². The van der Waals surface area contributed by atoms with Gasteiger partial charge >= 0.3 is 0 Å². The molecule has 4 nitrogen and oxygen atoms in total. The first kappa shape index (κ1) is 19.6. The molecule has 0 aromatic heterocycles. The highest BCUT2D eigenvalue weighted by Gasteiger charge is 2.25. The molecule has 2 aromatic rings. The lowest BCUT2D eigenvalue weighted by Crippen LogP contribution is -2.47. The van der Waals surface area contributed by atoms with Gasteiger partial charge in [-0.05, 0) is 43.7 Å². The zero-order valence-corrected chi connectivity index (χ0v) is 15.4. The molecule has 2 atom stereocenters. The minimum atomic E-state index is -0.686. The number of rotatable bonds is 5. The first-order valence-electron chi connectivity index (χ1n) is 8.20. The second-order valence-corrected chi connectivity index (χ2v) is 6.35. The number of amides is 1. The summed E-state index contributed by atoms with van der Waals surface area (Å²) in [5, 5.41) is 7.04. The molecular formula is C19H22Cl2N2O2. The summed E-state index contributed by atoms with van der Waals surface area (Å²) in [5.41, 5.74) is 0.828. The minimum Gasteiger partial charge on any atom is -0.476 e. The van der Waals surface area contributed by atoms with Crippen molar-refractivity contribution < 1.29 is 9.53 Å². The number of nitrogens with one attached hydrogen (secondary N) is 2. The van der Waals surface area contributed by atoms with Gasteiger partial charge < -0.3 is 15.4 Å². The largest absolute Gasteiger partial charge is 0.476 e. The van der Waals surface area contributed by atoms with Crippen LogP contribution in [-0.2, 0) is 4.79 Å². The fourth-order valence-corrected chi connectivity index (χ4v) is 2.93. The Labute approximate surface area is 159 Å². The monoisotopic (exact) mass is 380 g/mol. The van der Waals surface area contributed by atoms with Crippen LogP contribution >= 0.6 is 24.0 Å². The maximum Gasteiger partial charge on any atom is 0.266 e. The molecule has 0 spiro atoms. The molecule has 134 valence electrons. The molecule has 1 aliphatic heterocycles. The topological polar surface area (TPSA) is 50.4 Å². The molecule has 1 unspecified atom stereocenters. The third-order valence-electron chi connectivity index (χ3n) is 4.05. The molecule has 1 aliphatic rings. The number of piperidine rings is 1. The van der Waals surface area contributed by atoms with Crippen LogP contribution < -0.4 is 15.4 Å². The van der Waals surface area contributed by atoms with Crippen molar-refractivity contribution in [3.05, 3.63) is 65.2 Å². The second kappa shape index (κ2) is 9.66. The van der Waals surface area contributed by atoms with E-state index in [1.807, 2.05) is 30.3 Å². The molecule has 2 N–H and O–H groups in total. The quantitative estimate of drug-likeness (QED) is 0.830. The lowest BCUT2D eigenvalue weighted by molar-refractivity contribution is -0.129. The number of ether oxygens (including phenoxy) is 1. The van der Waals surface area contributed by atoms with Crippen LogP contribution in [0.15, 0.2) is 54.6 Å². The first-order chi connectivity index (χ1) is 11.7. The molecule has 1 saturated heterocycles. The van der Waals surface area contributed by atoms with Crippen LogP contribution in [0.25, 0.3) is 0 Å². The summed E-state index contributed by atoms with van der Waals surface area (Å²) < 4.78 is 5.97. The van der Waals surface area contributed by atoms with E-state index in [0.29, 0.717) is 10.8 Å². The summed E-state index contributed by atoms with van der Waals surface area (Å²) in [7, 11) is 0. The van der Waals surface area contributed by atoms with Crippen molar-refractivity contribution in [2.75, 3.05) is 13.1 Å². The molecule has 1 fully saturated rings. The van der Waals surface area contributed by atoms with Crippen LogP contribution in [0.4, 0.5) is 0 Å². The van der Waals surface area contributed by atoms with Gasteiger partial charge in [0.25, 0.3) is 5.91 Å². The number of benzene rings is 2. The van der Waals surface area contributed by atoms with Gasteiger partial charge in [-0.1, -0.05) is 41.9 Å². The van der Waals surface area contributed by atoms with Crippen LogP contribution in [0, 0.1) is 0 Å². The van der Waals surface area contributed by atoms with Crippen LogP contribution in [0.2, 0.25) is 5.02 Å². The number of hydrogen-bond acceptors (Lipinski definition) is 3. The maximum absolute atomic E-state index is 12.8. The normalized spacial score (nSPS) is 17.9. The van der Waals surface area contributed by atoms with Crippen molar-refractivity contribution in [3.63, 3.8) is 0 Å². The Bertz CT molecular complexity index is 659. The molecule has 1 heterocycles. The molecule has 0 bridgehead atoms. The van der Waals surface area contributed by atoms with E-state index in [1.165, 1.54) is 0 Å². The first-order valence-corrected chi connectivity index (χ1v) is 8.58. The Morgan fingerprint density at radius 1 is 1.16 bits per heavy atom. The molecule has 1 amide bonds. The van der Waals surface area contributed by atoms with Crippen molar-refractivity contribution in [1.29, 1.82) is 0 Å². The Balaban J connectivity index is 0.00000225. The average Bonchev–Trinajstić information content (AvgIpc) is 2.63. The van der Waals surface area contributed by atoms with Gasteiger partial charge in [-0.25, -0.2) is 0 Å². The predicted octanol–water partition coefficient (Wildman–Crippen LogP) is 3.75. The van der Waals surface area contributed by atoms with Crippen LogP contribution in [0.5, 0.6) is 5.75 Å². The molecule has 0 saturated carbocycles. The van der Waals surface area contributed by atoms with Crippen LogP contribution in [0.1, 0.15) is 24.5 Å². The summed E-state index contributed by atoms with van der Waals surface area (Å²) >= 11 is 5.91. The molecule has 3 rings (SSSR count). The van der Waals surface area contributed by atoms with Crippen molar-refractivity contribution in [1.82, 2.24) is 10.6 Å². The Hall–Kier alpha value is -1.75. The zero-order valence-electron chi connectivity index (χ0n) is 13.8. The Morgan fingerprint density at radius 3 is 2.52 bits per heavy atom. The number of hydrogen-bond donors (Lipinski definition) is 2.